The molecule has 0 aliphatic carbocycles. The second kappa shape index (κ2) is 10.3. The summed E-state index contributed by atoms with van der Waals surface area (Å²) < 4.78 is 5.71. The van der Waals surface area contributed by atoms with E-state index < -0.39 is 17.5 Å². The van der Waals surface area contributed by atoms with E-state index in [1.54, 1.807) is 49.9 Å². The van der Waals surface area contributed by atoms with Crippen LogP contribution in [0.5, 0.6) is 0 Å². The monoisotopic (exact) mass is 455 g/mol. The van der Waals surface area contributed by atoms with Crippen LogP contribution in [0.3, 0.4) is 0 Å². The molecule has 1 heterocycles. The molecule has 0 saturated carbocycles. The minimum Gasteiger partial charge on any atom is -0.451 e. The molecule has 0 bridgehead atoms. The summed E-state index contributed by atoms with van der Waals surface area (Å²) in [6.45, 7) is 5.85. The van der Waals surface area contributed by atoms with Gasteiger partial charge in [0.1, 0.15) is 0 Å². The summed E-state index contributed by atoms with van der Waals surface area (Å²) in [6.07, 6.45) is 1.18. The molecule has 170 valence electrons. The zero-order chi connectivity index (χ0) is 23.3. The number of likely N-dealkylation sites (tertiary alicyclic amines) is 1. The SMILES string of the molecule is CC(C)(C)C(=O)O[C@H](Cc1ccccc1)C(=O)N1CCC[C@H]1CC(=O)c1ccc(Cl)cc1. The Morgan fingerprint density at radius 3 is 2.34 bits per heavy atom. The fourth-order valence-electron chi connectivity index (χ4n) is 3.80. The lowest BCUT2D eigenvalue weighted by Gasteiger charge is -2.30. The number of ether oxygens (including phenoxy) is 1. The first-order valence-corrected chi connectivity index (χ1v) is 11.4. The number of nitrogens with zero attached hydrogens (tertiary/aromatic N) is 1. The summed E-state index contributed by atoms with van der Waals surface area (Å²) in [5, 5.41) is 0.573. The molecule has 0 spiro atoms. The third-order valence-electron chi connectivity index (χ3n) is 5.65. The Hall–Kier alpha value is -2.66. The molecule has 32 heavy (non-hydrogen) atoms. The molecule has 1 saturated heterocycles. The minimum absolute atomic E-state index is 0.0299. The highest BCUT2D eigenvalue weighted by molar-refractivity contribution is 6.30. The number of ketones is 1. The van der Waals surface area contributed by atoms with Crippen molar-refractivity contribution in [2.24, 2.45) is 5.41 Å². The number of amides is 1. The number of carbonyl (C=O) groups is 3. The van der Waals surface area contributed by atoms with Crippen LogP contribution in [0.1, 0.15) is 56.0 Å². The van der Waals surface area contributed by atoms with Gasteiger partial charge in [-0.1, -0.05) is 41.9 Å². The number of Topliss-reactive ketones (excluding diaryl/α,β-unsaturated/α-hetero) is 1. The average molecular weight is 456 g/mol. The van der Waals surface area contributed by atoms with Gasteiger partial charge in [0.05, 0.1) is 5.41 Å². The van der Waals surface area contributed by atoms with Gasteiger partial charge >= 0.3 is 5.97 Å². The summed E-state index contributed by atoms with van der Waals surface area (Å²) in [4.78, 5) is 40.6. The van der Waals surface area contributed by atoms with E-state index in [-0.39, 0.29) is 24.2 Å². The van der Waals surface area contributed by atoms with Crippen molar-refractivity contribution >= 4 is 29.3 Å². The molecular weight excluding hydrogens is 426 g/mol. The van der Waals surface area contributed by atoms with Crippen molar-refractivity contribution in [2.75, 3.05) is 6.54 Å². The van der Waals surface area contributed by atoms with Gasteiger partial charge in [-0.15, -0.1) is 0 Å². The summed E-state index contributed by atoms with van der Waals surface area (Å²) >= 11 is 5.92. The van der Waals surface area contributed by atoms with Gasteiger partial charge in [-0.05, 0) is 63.4 Å². The van der Waals surface area contributed by atoms with Gasteiger partial charge in [-0.3, -0.25) is 14.4 Å². The predicted molar refractivity (Wildman–Crippen MR) is 125 cm³/mol. The Morgan fingerprint density at radius 1 is 1.06 bits per heavy atom. The molecule has 0 unspecified atom stereocenters. The van der Waals surface area contributed by atoms with Crippen LogP contribution in [0.15, 0.2) is 54.6 Å². The standard InChI is InChI=1S/C26H30ClNO4/c1-26(2,3)25(31)32-23(16-18-8-5-4-6-9-18)24(30)28-15-7-10-21(28)17-22(29)19-11-13-20(27)14-12-19/h4-6,8-9,11-14,21,23H,7,10,15-17H2,1-3H3/t21-,23+/m0/s1. The number of carbonyl (C=O) groups excluding carboxylic acids is 3. The van der Waals surface area contributed by atoms with E-state index >= 15 is 0 Å². The fraction of sp³-hybridized carbons (Fsp3) is 0.423. The smallest absolute Gasteiger partial charge is 0.312 e. The first-order valence-electron chi connectivity index (χ1n) is 11.0. The lowest BCUT2D eigenvalue weighted by atomic mass is 9.97. The number of esters is 1. The molecule has 1 aliphatic heterocycles. The molecule has 0 N–H and O–H groups in total. The van der Waals surface area contributed by atoms with Crippen molar-refractivity contribution in [2.45, 2.75) is 58.6 Å². The number of rotatable bonds is 7. The molecule has 0 radical (unpaired) electrons. The Bertz CT molecular complexity index is 950. The first kappa shape index (κ1) is 24.0. The average Bonchev–Trinajstić information content (AvgIpc) is 3.21. The number of halogens is 1. The fourth-order valence-corrected chi connectivity index (χ4v) is 3.93. The van der Waals surface area contributed by atoms with E-state index in [1.807, 2.05) is 30.3 Å². The Kier molecular flexibility index (Phi) is 7.73. The number of benzene rings is 2. The second-order valence-electron chi connectivity index (χ2n) is 9.30. The maximum Gasteiger partial charge on any atom is 0.312 e. The molecule has 2 aromatic carbocycles. The van der Waals surface area contributed by atoms with Gasteiger partial charge < -0.3 is 9.64 Å². The zero-order valence-corrected chi connectivity index (χ0v) is 19.6. The van der Waals surface area contributed by atoms with Crippen LogP contribution in [-0.4, -0.2) is 41.3 Å². The van der Waals surface area contributed by atoms with Crippen molar-refractivity contribution in [3.63, 3.8) is 0 Å². The molecule has 6 heteroatoms. The molecule has 2 atom stereocenters. The van der Waals surface area contributed by atoms with Crippen LogP contribution >= 0.6 is 11.6 Å². The summed E-state index contributed by atoms with van der Waals surface area (Å²) in [6, 6.07) is 16.1. The van der Waals surface area contributed by atoms with Gasteiger partial charge in [-0.2, -0.15) is 0 Å². The summed E-state index contributed by atoms with van der Waals surface area (Å²) in [7, 11) is 0. The third kappa shape index (κ3) is 6.19. The molecule has 2 aromatic rings. The second-order valence-corrected chi connectivity index (χ2v) is 9.73. The Morgan fingerprint density at radius 2 is 1.72 bits per heavy atom. The van der Waals surface area contributed by atoms with Crippen molar-refractivity contribution < 1.29 is 19.1 Å². The van der Waals surface area contributed by atoms with Crippen LogP contribution in [0.2, 0.25) is 5.02 Å². The van der Waals surface area contributed by atoms with Crippen LogP contribution in [0.4, 0.5) is 0 Å². The highest BCUT2D eigenvalue weighted by Crippen LogP contribution is 2.26. The molecule has 1 amide bonds. The Balaban J connectivity index is 1.76. The van der Waals surface area contributed by atoms with Crippen LogP contribution < -0.4 is 0 Å². The van der Waals surface area contributed by atoms with Crippen LogP contribution in [0.25, 0.3) is 0 Å². The largest absolute Gasteiger partial charge is 0.451 e. The molecular formula is C26H30ClNO4. The lowest BCUT2D eigenvalue weighted by molar-refractivity contribution is -0.167. The number of hydrogen-bond donors (Lipinski definition) is 0. The first-order chi connectivity index (χ1) is 15.1. The van der Waals surface area contributed by atoms with Gasteiger partial charge in [-0.25, -0.2) is 0 Å². The zero-order valence-electron chi connectivity index (χ0n) is 18.8. The Labute approximate surface area is 194 Å². The molecule has 3 rings (SSSR count). The van der Waals surface area contributed by atoms with E-state index in [0.29, 0.717) is 23.6 Å². The molecule has 1 fully saturated rings. The van der Waals surface area contributed by atoms with Crippen molar-refractivity contribution in [3.05, 3.63) is 70.7 Å². The highest BCUT2D eigenvalue weighted by atomic mass is 35.5. The van der Waals surface area contributed by atoms with E-state index in [2.05, 4.69) is 0 Å². The molecule has 5 nitrogen and oxygen atoms in total. The maximum absolute atomic E-state index is 13.5. The van der Waals surface area contributed by atoms with Gasteiger partial charge in [0.15, 0.2) is 11.9 Å². The molecule has 0 aromatic heterocycles. The van der Waals surface area contributed by atoms with Crippen LogP contribution in [0, 0.1) is 5.41 Å². The summed E-state index contributed by atoms with van der Waals surface area (Å²) in [5.41, 5.74) is 0.777. The van der Waals surface area contributed by atoms with E-state index in [1.165, 1.54) is 0 Å². The quantitative estimate of drug-likeness (QED) is 0.430. The highest BCUT2D eigenvalue weighted by Gasteiger charge is 2.37. The summed E-state index contributed by atoms with van der Waals surface area (Å²) in [5.74, 6) is -0.685. The van der Waals surface area contributed by atoms with Gasteiger partial charge in [0, 0.05) is 36.0 Å². The van der Waals surface area contributed by atoms with Crippen molar-refractivity contribution in [1.82, 2.24) is 4.90 Å². The van der Waals surface area contributed by atoms with Crippen molar-refractivity contribution in [1.29, 1.82) is 0 Å². The van der Waals surface area contributed by atoms with E-state index in [4.69, 9.17) is 16.3 Å². The predicted octanol–water partition coefficient (Wildman–Crippen LogP) is 5.10. The van der Waals surface area contributed by atoms with E-state index in [0.717, 1.165) is 18.4 Å². The van der Waals surface area contributed by atoms with Gasteiger partial charge in [0.25, 0.3) is 5.91 Å². The van der Waals surface area contributed by atoms with Crippen molar-refractivity contribution in [3.8, 4) is 0 Å². The molecule has 1 aliphatic rings. The minimum atomic E-state index is -0.921. The van der Waals surface area contributed by atoms with Gasteiger partial charge in [0.2, 0.25) is 0 Å². The third-order valence-corrected chi connectivity index (χ3v) is 5.90. The number of hydrogen-bond acceptors (Lipinski definition) is 4. The normalized spacial score (nSPS) is 17.1. The lowest BCUT2D eigenvalue weighted by Crippen LogP contribution is -2.46. The van der Waals surface area contributed by atoms with Crippen LogP contribution in [-0.2, 0) is 20.7 Å². The van der Waals surface area contributed by atoms with E-state index in [9.17, 15) is 14.4 Å². The topological polar surface area (TPSA) is 63.7 Å². The maximum atomic E-state index is 13.5.